The van der Waals surface area contributed by atoms with Gasteiger partial charge in [-0.15, -0.1) is 0 Å². The molecule has 0 saturated heterocycles. The van der Waals surface area contributed by atoms with Crippen molar-refractivity contribution in [3.8, 4) is 0 Å². The predicted molar refractivity (Wildman–Crippen MR) is 363 cm³/mol. The van der Waals surface area contributed by atoms with Crippen molar-refractivity contribution in [1.29, 1.82) is 0 Å². The summed E-state index contributed by atoms with van der Waals surface area (Å²) < 4.78 is 0. The third-order valence-corrected chi connectivity index (χ3v) is 18.1. The lowest BCUT2D eigenvalue weighted by Crippen LogP contribution is -2.37. The molecule has 0 aromatic heterocycles. The van der Waals surface area contributed by atoms with E-state index in [0.717, 1.165) is 34.5 Å². The number of hydrogen-bond donors (Lipinski definition) is 0. The van der Waals surface area contributed by atoms with Gasteiger partial charge in [0.1, 0.15) is 5.70 Å². The zero-order valence-corrected chi connectivity index (χ0v) is 48.7. The summed E-state index contributed by atoms with van der Waals surface area (Å²) in [7, 11) is 0. The second-order valence-electron chi connectivity index (χ2n) is 23.2. The number of nitrogens with zero attached hydrogens (tertiary/aromatic N) is 5. The predicted octanol–water partition coefficient (Wildman–Crippen LogP) is 19.8. The lowest BCUT2D eigenvalue weighted by molar-refractivity contribution is -0.421. The van der Waals surface area contributed by atoms with Crippen molar-refractivity contribution in [2.24, 2.45) is 17.8 Å². The topological polar surface area (TPSA) is 56.1 Å². The molecular formula is C82H59N5O2. The van der Waals surface area contributed by atoms with Crippen molar-refractivity contribution in [3.05, 3.63) is 428 Å². The first-order valence-corrected chi connectivity index (χ1v) is 30.5. The van der Waals surface area contributed by atoms with Crippen LogP contribution < -0.4 is 19.6 Å². The van der Waals surface area contributed by atoms with E-state index in [2.05, 4.69) is 251 Å². The SMILES string of the molecule is C1=CC2=CC=CC3=C4C(=CC(=C1)C23)Cc1ccccc1N4c1ccccc1.C1=CC2=CC=CC3=C4C(=CC(=C1)C23)N(c1ccccc1)c1ccccc1N4c1ccccc1.O=[N+]([O-])C1=CC2=CC=CC3=CC=CC(=C1N(c1ccccc1)c1ccccc1)C32. The van der Waals surface area contributed by atoms with Crippen LogP contribution in [0.3, 0.4) is 0 Å². The van der Waals surface area contributed by atoms with Gasteiger partial charge in [-0.1, -0.05) is 237 Å². The molecule has 89 heavy (non-hydrogen) atoms. The molecule has 0 fully saturated rings. The van der Waals surface area contributed by atoms with Crippen molar-refractivity contribution < 1.29 is 4.92 Å². The third-order valence-electron chi connectivity index (χ3n) is 18.1. The molecule has 3 unspecified atom stereocenters. The Labute approximate surface area is 519 Å². The minimum Gasteiger partial charge on any atom is -0.310 e. The van der Waals surface area contributed by atoms with Crippen LogP contribution in [0.1, 0.15) is 5.56 Å². The van der Waals surface area contributed by atoms with E-state index in [1.165, 1.54) is 95.8 Å². The summed E-state index contributed by atoms with van der Waals surface area (Å²) in [5.41, 5.74) is 27.7. The highest BCUT2D eigenvalue weighted by Crippen LogP contribution is 2.56. The van der Waals surface area contributed by atoms with Crippen LogP contribution in [0.2, 0.25) is 0 Å². The number of hydrogen-bond acceptors (Lipinski definition) is 6. The number of allylic oxidation sites excluding steroid dienone is 31. The van der Waals surface area contributed by atoms with Crippen LogP contribution in [-0.2, 0) is 6.42 Å². The van der Waals surface area contributed by atoms with E-state index in [4.69, 9.17) is 0 Å². The Balaban J connectivity index is 0.000000108. The molecule has 424 valence electrons. The van der Waals surface area contributed by atoms with Crippen LogP contribution in [0.5, 0.6) is 0 Å². The number of anilines is 8. The van der Waals surface area contributed by atoms with Crippen LogP contribution in [0.4, 0.5) is 45.5 Å². The molecule has 7 nitrogen and oxygen atoms in total. The Hall–Kier alpha value is -11.5. The van der Waals surface area contributed by atoms with Gasteiger partial charge in [0.25, 0.3) is 5.70 Å². The first-order chi connectivity index (χ1) is 44.0. The molecule has 0 spiro atoms. The van der Waals surface area contributed by atoms with Gasteiger partial charge in [0.15, 0.2) is 0 Å². The number of benzene rings is 7. The van der Waals surface area contributed by atoms with E-state index in [9.17, 15) is 10.1 Å². The smallest absolute Gasteiger partial charge is 0.293 e. The molecule has 3 atom stereocenters. The molecule has 0 bridgehead atoms. The summed E-state index contributed by atoms with van der Waals surface area (Å²) in [6.45, 7) is 0. The maximum absolute atomic E-state index is 12.2. The normalized spacial score (nSPS) is 20.2. The van der Waals surface area contributed by atoms with E-state index >= 15 is 0 Å². The summed E-state index contributed by atoms with van der Waals surface area (Å²) in [5, 5.41) is 12.2. The number of rotatable bonds is 7. The summed E-state index contributed by atoms with van der Waals surface area (Å²) >= 11 is 0. The molecule has 9 aliphatic carbocycles. The van der Waals surface area contributed by atoms with Crippen LogP contribution >= 0.6 is 0 Å². The van der Waals surface area contributed by atoms with Gasteiger partial charge in [0.05, 0.1) is 33.4 Å². The second kappa shape index (κ2) is 22.4. The van der Waals surface area contributed by atoms with Gasteiger partial charge in [0.2, 0.25) is 0 Å². The van der Waals surface area contributed by atoms with Crippen molar-refractivity contribution in [1.82, 2.24) is 0 Å². The highest BCUT2D eigenvalue weighted by Gasteiger charge is 2.43. The lowest BCUT2D eigenvalue weighted by atomic mass is 9.71. The summed E-state index contributed by atoms with van der Waals surface area (Å²) in [5.74, 6) is 0.640. The Bertz CT molecular complexity index is 4660. The van der Waals surface area contributed by atoms with Gasteiger partial charge in [0, 0.05) is 64.4 Å². The molecule has 0 saturated carbocycles. The second-order valence-corrected chi connectivity index (χ2v) is 23.2. The van der Waals surface area contributed by atoms with E-state index in [-0.39, 0.29) is 22.5 Å². The molecule has 11 aliphatic rings. The Morgan fingerprint density at radius 3 is 1.28 bits per heavy atom. The van der Waals surface area contributed by atoms with Crippen LogP contribution in [0, 0.1) is 27.9 Å². The highest BCUT2D eigenvalue weighted by molar-refractivity contribution is 5.94. The molecule has 7 aromatic rings. The first kappa shape index (κ1) is 53.0. The molecule has 0 amide bonds. The standard InChI is InChI=1S/C31H22N2.C26H19N.C25H18N2O2/c1-3-14-24(15-4-1)32-27-19-7-8-20-28(27)33(25-16-5-2-6-17-25)31-26-18-10-12-22-11-9-13-23(30(22)26)21-29(31)32;1-2-12-22(13-3-1)27-24-15-5-4-8-19(24)16-21-17-20-11-6-9-18-10-7-14-23(25(18)20)26(21)27;28-27(29)23-17-19-11-7-9-18-10-8-16-22(24(18)19)25(23)26(20-12-3-1-4-13-20)21-14-5-2-6-15-21/h1-21,30H;1-15,17,25H,16H2;1-17,24H. The van der Waals surface area contributed by atoms with Crippen molar-refractivity contribution in [3.63, 3.8) is 0 Å². The Morgan fingerprint density at radius 2 is 0.753 bits per heavy atom. The van der Waals surface area contributed by atoms with Crippen molar-refractivity contribution >= 4 is 45.5 Å². The molecule has 7 heteroatoms. The maximum atomic E-state index is 12.2. The van der Waals surface area contributed by atoms with Crippen molar-refractivity contribution in [2.45, 2.75) is 6.42 Å². The van der Waals surface area contributed by atoms with Gasteiger partial charge in [-0.3, -0.25) is 10.1 Å². The minimum atomic E-state index is -0.275. The zero-order chi connectivity index (χ0) is 59.4. The van der Waals surface area contributed by atoms with E-state index in [0.29, 0.717) is 11.6 Å². The molecule has 2 heterocycles. The summed E-state index contributed by atoms with van der Waals surface area (Å²) in [4.78, 5) is 21.2. The molecule has 2 aliphatic heterocycles. The summed E-state index contributed by atoms with van der Waals surface area (Å²) in [6, 6.07) is 69.3. The quantitative estimate of drug-likeness (QED) is 0.117. The molecule has 7 aromatic carbocycles. The average molecular weight is 1150 g/mol. The first-order valence-electron chi connectivity index (χ1n) is 30.5. The third kappa shape index (κ3) is 9.22. The van der Waals surface area contributed by atoms with Gasteiger partial charge >= 0.3 is 0 Å². The average Bonchev–Trinajstić information content (AvgIpc) is 0.902. The van der Waals surface area contributed by atoms with E-state index in [1.807, 2.05) is 89.9 Å². The Kier molecular flexibility index (Phi) is 13.3. The van der Waals surface area contributed by atoms with Crippen LogP contribution in [-0.4, -0.2) is 4.92 Å². The van der Waals surface area contributed by atoms with Crippen LogP contribution in [0.25, 0.3) is 0 Å². The summed E-state index contributed by atoms with van der Waals surface area (Å²) in [6.07, 6.45) is 46.5. The Morgan fingerprint density at radius 1 is 0.371 bits per heavy atom. The molecule has 0 radical (unpaired) electrons. The van der Waals surface area contributed by atoms with Crippen LogP contribution in [0.15, 0.2) is 412 Å². The number of nitro groups is 1. The highest BCUT2D eigenvalue weighted by atomic mass is 16.6. The fourth-order valence-corrected chi connectivity index (χ4v) is 14.4. The number of fused-ring (bicyclic) bond motifs is 4. The van der Waals surface area contributed by atoms with E-state index < -0.39 is 0 Å². The van der Waals surface area contributed by atoms with E-state index in [1.54, 1.807) is 6.08 Å². The van der Waals surface area contributed by atoms with Gasteiger partial charge in [-0.25, -0.2) is 0 Å². The van der Waals surface area contributed by atoms with Gasteiger partial charge in [-0.05, 0) is 146 Å². The van der Waals surface area contributed by atoms with Gasteiger partial charge in [-0.2, -0.15) is 0 Å². The molecule has 18 rings (SSSR count). The fourth-order valence-electron chi connectivity index (χ4n) is 14.4. The lowest BCUT2D eigenvalue weighted by Gasteiger charge is -2.47. The fraction of sp³-hybridized carbons (Fsp3) is 0.0488. The van der Waals surface area contributed by atoms with Crippen molar-refractivity contribution in [2.75, 3.05) is 19.6 Å². The largest absolute Gasteiger partial charge is 0.310 e. The molecular weight excluding hydrogens is 1090 g/mol. The maximum Gasteiger partial charge on any atom is 0.293 e. The number of para-hydroxylation sites is 8. The monoisotopic (exact) mass is 1150 g/mol. The molecule has 0 N–H and O–H groups in total. The van der Waals surface area contributed by atoms with Gasteiger partial charge < -0.3 is 19.6 Å². The minimum absolute atomic E-state index is 0.0126. The zero-order valence-electron chi connectivity index (χ0n) is 48.7.